The molecule has 0 bridgehead atoms. The zero-order valence-corrected chi connectivity index (χ0v) is 19.2. The van der Waals surface area contributed by atoms with E-state index in [1.165, 1.54) is 34.5 Å². The van der Waals surface area contributed by atoms with Crippen LogP contribution in [0, 0.1) is 17.0 Å². The molecule has 0 saturated carbocycles. The van der Waals surface area contributed by atoms with Gasteiger partial charge in [-0.1, -0.05) is 42.5 Å². The molecule has 35 heavy (non-hydrogen) atoms. The molecule has 176 valence electrons. The molecule has 1 N–H and O–H groups in total. The highest BCUT2D eigenvalue weighted by atomic mass is 16.6. The van der Waals surface area contributed by atoms with Crippen molar-refractivity contribution in [3.05, 3.63) is 122 Å². The lowest BCUT2D eigenvalue weighted by Gasteiger charge is -2.19. The van der Waals surface area contributed by atoms with Crippen molar-refractivity contribution in [2.75, 3.05) is 17.3 Å². The Balaban J connectivity index is 1.55. The van der Waals surface area contributed by atoms with Crippen LogP contribution in [0.25, 0.3) is 5.69 Å². The predicted octanol–water partition coefficient (Wildman–Crippen LogP) is 4.34. The molecule has 0 aliphatic heterocycles. The number of aryl methyl sites for hydroxylation is 1. The Kier molecular flexibility index (Phi) is 6.68. The minimum atomic E-state index is -0.701. The lowest BCUT2D eigenvalue weighted by atomic mass is 10.2. The molecule has 1 amide bonds. The number of nitro groups is 1. The predicted molar refractivity (Wildman–Crippen MR) is 134 cm³/mol. The van der Waals surface area contributed by atoms with Crippen LogP contribution in [0.15, 0.2) is 89.7 Å². The maximum atomic E-state index is 12.9. The van der Waals surface area contributed by atoms with Crippen LogP contribution in [-0.4, -0.2) is 27.7 Å². The number of nitro benzene ring substituents is 1. The van der Waals surface area contributed by atoms with E-state index in [0.717, 1.165) is 12.2 Å². The smallest absolute Gasteiger partial charge is 0.294 e. The second-order valence-electron chi connectivity index (χ2n) is 8.00. The van der Waals surface area contributed by atoms with Gasteiger partial charge in [0.25, 0.3) is 11.6 Å². The van der Waals surface area contributed by atoms with Crippen molar-refractivity contribution < 1.29 is 9.72 Å². The Morgan fingerprint density at radius 2 is 1.69 bits per heavy atom. The number of carbonyl (C=O) groups excluding carboxylic acids is 1. The summed E-state index contributed by atoms with van der Waals surface area (Å²) in [5.74, 6) is -0.701. The number of amides is 1. The standard InChI is InChI=1S/C26H23N5O4/c1-18-16-24(32)25(28-30(18)22-10-6-7-11-23(22)31(34)35)26(33)27-20-12-14-21(15-13-20)29(2)17-19-8-4-3-5-9-19/h3-16H,17H2,1-2H3,(H,27,33). The van der Waals surface area contributed by atoms with Gasteiger partial charge in [-0.25, -0.2) is 4.68 Å². The zero-order chi connectivity index (χ0) is 24.9. The molecule has 0 aliphatic carbocycles. The zero-order valence-electron chi connectivity index (χ0n) is 19.2. The van der Waals surface area contributed by atoms with E-state index in [1.54, 1.807) is 25.1 Å². The molecule has 0 spiro atoms. The lowest BCUT2D eigenvalue weighted by Crippen LogP contribution is -2.27. The minimum absolute atomic E-state index is 0.162. The molecule has 4 aromatic rings. The number of para-hydroxylation sites is 2. The van der Waals surface area contributed by atoms with E-state index in [1.807, 2.05) is 37.4 Å². The van der Waals surface area contributed by atoms with Gasteiger partial charge in [0.15, 0.2) is 5.69 Å². The Hall–Kier alpha value is -4.79. The summed E-state index contributed by atoms with van der Waals surface area (Å²) >= 11 is 0. The third kappa shape index (κ3) is 5.25. The van der Waals surface area contributed by atoms with Crippen LogP contribution in [0.5, 0.6) is 0 Å². The fraction of sp³-hybridized carbons (Fsp3) is 0.115. The molecule has 0 fully saturated rings. The van der Waals surface area contributed by atoms with Gasteiger partial charge in [-0.2, -0.15) is 5.10 Å². The molecule has 0 atom stereocenters. The average Bonchev–Trinajstić information content (AvgIpc) is 2.85. The molecule has 4 rings (SSSR count). The summed E-state index contributed by atoms with van der Waals surface area (Å²) in [5, 5.41) is 18.3. The van der Waals surface area contributed by atoms with Crippen LogP contribution in [0.1, 0.15) is 21.7 Å². The van der Waals surface area contributed by atoms with E-state index in [2.05, 4.69) is 27.4 Å². The molecule has 1 aromatic heterocycles. The topological polar surface area (TPSA) is 110 Å². The maximum absolute atomic E-state index is 12.9. The molecule has 9 heteroatoms. The molecule has 3 aromatic carbocycles. The number of hydrogen-bond donors (Lipinski definition) is 1. The number of anilines is 2. The van der Waals surface area contributed by atoms with Gasteiger partial charge in [-0.15, -0.1) is 0 Å². The Bertz CT molecular complexity index is 1430. The van der Waals surface area contributed by atoms with Crippen LogP contribution in [-0.2, 0) is 6.54 Å². The first-order valence-electron chi connectivity index (χ1n) is 10.8. The van der Waals surface area contributed by atoms with E-state index in [-0.39, 0.29) is 17.1 Å². The number of aromatic nitrogens is 2. The fourth-order valence-corrected chi connectivity index (χ4v) is 3.68. The molecule has 0 radical (unpaired) electrons. The Labute approximate surface area is 201 Å². The van der Waals surface area contributed by atoms with Crippen LogP contribution in [0.2, 0.25) is 0 Å². The number of nitrogens with zero attached hydrogens (tertiary/aromatic N) is 4. The largest absolute Gasteiger partial charge is 0.370 e. The highest BCUT2D eigenvalue weighted by molar-refractivity contribution is 6.02. The monoisotopic (exact) mass is 469 g/mol. The molecule has 0 saturated heterocycles. The number of nitrogens with one attached hydrogen (secondary N) is 1. The second-order valence-corrected chi connectivity index (χ2v) is 8.00. The summed E-state index contributed by atoms with van der Waals surface area (Å²) in [7, 11) is 1.97. The fourth-order valence-electron chi connectivity index (χ4n) is 3.68. The van der Waals surface area contributed by atoms with Crippen LogP contribution in [0.4, 0.5) is 17.1 Å². The van der Waals surface area contributed by atoms with E-state index in [0.29, 0.717) is 11.4 Å². The van der Waals surface area contributed by atoms with Gasteiger partial charge in [0, 0.05) is 42.8 Å². The molecular formula is C26H23N5O4. The van der Waals surface area contributed by atoms with Gasteiger partial charge in [0.2, 0.25) is 5.43 Å². The van der Waals surface area contributed by atoms with Crippen molar-refractivity contribution in [1.29, 1.82) is 0 Å². The Morgan fingerprint density at radius 3 is 2.37 bits per heavy atom. The lowest BCUT2D eigenvalue weighted by molar-refractivity contribution is -0.384. The van der Waals surface area contributed by atoms with Crippen molar-refractivity contribution in [2.45, 2.75) is 13.5 Å². The molecule has 0 aliphatic rings. The summed E-state index contributed by atoms with van der Waals surface area (Å²) in [6, 6.07) is 24.5. The first-order valence-corrected chi connectivity index (χ1v) is 10.8. The van der Waals surface area contributed by atoms with E-state index in [9.17, 15) is 19.7 Å². The van der Waals surface area contributed by atoms with Crippen molar-refractivity contribution in [2.24, 2.45) is 0 Å². The summed E-state index contributed by atoms with van der Waals surface area (Å²) in [5.41, 5.74) is 2.03. The summed E-state index contributed by atoms with van der Waals surface area (Å²) < 4.78 is 1.23. The number of benzene rings is 3. The SMILES string of the molecule is Cc1cc(=O)c(C(=O)Nc2ccc(N(C)Cc3ccccc3)cc2)nn1-c1ccccc1[N+](=O)[O-]. The van der Waals surface area contributed by atoms with E-state index in [4.69, 9.17) is 0 Å². The number of carbonyl (C=O) groups is 1. The summed E-state index contributed by atoms with van der Waals surface area (Å²) in [4.78, 5) is 38.4. The normalized spacial score (nSPS) is 10.6. The molecular weight excluding hydrogens is 446 g/mol. The van der Waals surface area contributed by atoms with Gasteiger partial charge in [-0.05, 0) is 42.8 Å². The van der Waals surface area contributed by atoms with Crippen molar-refractivity contribution in [3.63, 3.8) is 0 Å². The number of hydrogen-bond acceptors (Lipinski definition) is 6. The van der Waals surface area contributed by atoms with Crippen LogP contribution in [0.3, 0.4) is 0 Å². The second kappa shape index (κ2) is 10.0. The van der Waals surface area contributed by atoms with Crippen molar-refractivity contribution >= 4 is 23.0 Å². The van der Waals surface area contributed by atoms with Crippen LogP contribution >= 0.6 is 0 Å². The summed E-state index contributed by atoms with van der Waals surface area (Å²) in [6.07, 6.45) is 0. The Morgan fingerprint density at radius 1 is 1.03 bits per heavy atom. The maximum Gasteiger partial charge on any atom is 0.294 e. The quantitative estimate of drug-likeness (QED) is 0.318. The highest BCUT2D eigenvalue weighted by Gasteiger charge is 2.20. The summed E-state index contributed by atoms with van der Waals surface area (Å²) in [6.45, 7) is 2.32. The van der Waals surface area contributed by atoms with Crippen LogP contribution < -0.4 is 15.6 Å². The van der Waals surface area contributed by atoms with Gasteiger partial charge in [0.05, 0.1) is 4.92 Å². The first kappa shape index (κ1) is 23.4. The molecule has 0 unspecified atom stereocenters. The van der Waals surface area contributed by atoms with Crippen molar-refractivity contribution in [3.8, 4) is 5.69 Å². The van der Waals surface area contributed by atoms with Gasteiger partial charge >= 0.3 is 0 Å². The number of rotatable bonds is 7. The van der Waals surface area contributed by atoms with E-state index < -0.39 is 16.3 Å². The molecule has 1 heterocycles. The minimum Gasteiger partial charge on any atom is -0.370 e. The first-order chi connectivity index (χ1) is 16.8. The van der Waals surface area contributed by atoms with E-state index >= 15 is 0 Å². The molecule has 9 nitrogen and oxygen atoms in total. The van der Waals surface area contributed by atoms with Gasteiger partial charge in [-0.3, -0.25) is 19.7 Å². The van der Waals surface area contributed by atoms with Gasteiger partial charge < -0.3 is 10.2 Å². The van der Waals surface area contributed by atoms with Gasteiger partial charge in [0.1, 0.15) is 5.69 Å². The highest BCUT2D eigenvalue weighted by Crippen LogP contribution is 2.23. The third-order valence-corrected chi connectivity index (χ3v) is 5.46. The average molecular weight is 470 g/mol. The van der Waals surface area contributed by atoms with Crippen molar-refractivity contribution in [1.82, 2.24) is 9.78 Å². The third-order valence-electron chi connectivity index (χ3n) is 5.46.